The second-order valence-electron chi connectivity index (χ2n) is 8.00. The Morgan fingerprint density at radius 1 is 0.944 bits per heavy atom. The molecule has 1 amide bonds. The van der Waals surface area contributed by atoms with Gasteiger partial charge in [0.2, 0.25) is 10.0 Å². The second-order valence-corrected chi connectivity index (χ2v) is 11.4. The van der Waals surface area contributed by atoms with Gasteiger partial charge in [0.05, 0.1) is 35.2 Å². The van der Waals surface area contributed by atoms with E-state index in [1.165, 1.54) is 27.4 Å². The summed E-state index contributed by atoms with van der Waals surface area (Å²) in [5.74, 6) is -1.26. The van der Waals surface area contributed by atoms with E-state index in [0.29, 0.717) is 11.4 Å². The Labute approximate surface area is 217 Å². The van der Waals surface area contributed by atoms with Gasteiger partial charge in [-0.2, -0.15) is 4.31 Å². The third kappa shape index (κ3) is 4.74. The fourth-order valence-electron chi connectivity index (χ4n) is 4.00. The van der Waals surface area contributed by atoms with Gasteiger partial charge in [-0.25, -0.2) is 13.2 Å². The number of hydrogen-bond acceptors (Lipinski definition) is 7. The zero-order valence-electron chi connectivity index (χ0n) is 18.9. The Bertz CT molecular complexity index is 1390. The van der Waals surface area contributed by atoms with Gasteiger partial charge in [-0.15, -0.1) is 0 Å². The first-order chi connectivity index (χ1) is 17.4. The number of carbonyl (C=O) groups is 2. The maximum Gasteiger partial charge on any atom is 0.338 e. The van der Waals surface area contributed by atoms with Crippen LogP contribution in [0.15, 0.2) is 81.4 Å². The van der Waals surface area contributed by atoms with Gasteiger partial charge >= 0.3 is 5.97 Å². The summed E-state index contributed by atoms with van der Waals surface area (Å²) < 4.78 is 37.9. The number of esters is 1. The van der Waals surface area contributed by atoms with Crippen LogP contribution in [0, 0.1) is 0 Å². The van der Waals surface area contributed by atoms with Crippen molar-refractivity contribution in [2.24, 2.45) is 0 Å². The first-order valence-corrected chi connectivity index (χ1v) is 13.7. The van der Waals surface area contributed by atoms with Gasteiger partial charge in [0.1, 0.15) is 4.90 Å². The van der Waals surface area contributed by atoms with Crippen LogP contribution in [-0.4, -0.2) is 57.5 Å². The molecule has 5 rings (SSSR count). The summed E-state index contributed by atoms with van der Waals surface area (Å²) in [5, 5.41) is -0.00634. The molecule has 36 heavy (non-hydrogen) atoms. The highest BCUT2D eigenvalue weighted by molar-refractivity contribution is 7.99. The molecule has 8 nitrogen and oxygen atoms in total. The summed E-state index contributed by atoms with van der Waals surface area (Å²) >= 11 is 7.74. The number of hydrogen-bond donors (Lipinski definition) is 0. The van der Waals surface area contributed by atoms with Gasteiger partial charge in [-0.3, -0.25) is 9.69 Å². The van der Waals surface area contributed by atoms with Crippen molar-refractivity contribution < 1.29 is 27.5 Å². The largest absolute Gasteiger partial charge is 0.452 e. The Kier molecular flexibility index (Phi) is 7.05. The van der Waals surface area contributed by atoms with E-state index in [9.17, 15) is 18.0 Å². The van der Waals surface area contributed by atoms with Gasteiger partial charge in [-0.1, -0.05) is 47.6 Å². The summed E-state index contributed by atoms with van der Waals surface area (Å²) in [6, 6.07) is 18.9. The predicted octanol–water partition coefficient (Wildman–Crippen LogP) is 4.35. The van der Waals surface area contributed by atoms with Crippen molar-refractivity contribution in [2.75, 3.05) is 37.8 Å². The highest BCUT2D eigenvalue weighted by Gasteiger charge is 2.31. The van der Waals surface area contributed by atoms with Crippen molar-refractivity contribution >= 4 is 56.6 Å². The average Bonchev–Trinajstić information content (AvgIpc) is 2.90. The lowest BCUT2D eigenvalue weighted by Gasteiger charge is -2.30. The van der Waals surface area contributed by atoms with Crippen LogP contribution in [0.25, 0.3) is 0 Å². The molecule has 2 heterocycles. The van der Waals surface area contributed by atoms with E-state index in [1.54, 1.807) is 11.8 Å². The van der Waals surface area contributed by atoms with E-state index in [2.05, 4.69) is 0 Å². The number of carbonyl (C=O) groups excluding carboxylic acids is 2. The highest BCUT2D eigenvalue weighted by atomic mass is 35.5. The first-order valence-electron chi connectivity index (χ1n) is 11.1. The number of halogens is 1. The van der Waals surface area contributed by atoms with Crippen molar-refractivity contribution in [3.05, 3.63) is 77.3 Å². The molecule has 1 saturated heterocycles. The summed E-state index contributed by atoms with van der Waals surface area (Å²) in [7, 11) is -3.93. The van der Waals surface area contributed by atoms with Gasteiger partial charge in [0, 0.05) is 22.9 Å². The minimum absolute atomic E-state index is 0.00634. The SMILES string of the molecule is O=C(OCC(=O)N1c2ccccc2Sc2ccccc21)c1ccc(Cl)c(S(=O)(=O)N2CCOCC2)c1. The second kappa shape index (κ2) is 10.2. The van der Waals surface area contributed by atoms with Gasteiger partial charge in [0.25, 0.3) is 5.91 Å². The summed E-state index contributed by atoms with van der Waals surface area (Å²) in [4.78, 5) is 29.2. The van der Waals surface area contributed by atoms with Crippen LogP contribution in [-0.2, 0) is 24.3 Å². The Morgan fingerprint density at radius 2 is 1.56 bits per heavy atom. The van der Waals surface area contributed by atoms with Crippen molar-refractivity contribution in [1.29, 1.82) is 0 Å². The van der Waals surface area contributed by atoms with Crippen molar-refractivity contribution in [3.8, 4) is 0 Å². The predicted molar refractivity (Wildman–Crippen MR) is 135 cm³/mol. The number of ether oxygens (including phenoxy) is 2. The van der Waals surface area contributed by atoms with Crippen LogP contribution in [0.5, 0.6) is 0 Å². The molecule has 0 N–H and O–H groups in total. The average molecular weight is 545 g/mol. The number of amides is 1. The molecular formula is C25H21ClN2O6S2. The molecule has 0 aromatic heterocycles. The zero-order chi connectivity index (χ0) is 25.3. The van der Waals surface area contributed by atoms with E-state index >= 15 is 0 Å². The molecule has 186 valence electrons. The van der Waals surface area contributed by atoms with E-state index in [-0.39, 0.29) is 41.8 Å². The summed E-state index contributed by atoms with van der Waals surface area (Å²) in [6.45, 7) is 0.419. The molecule has 0 atom stereocenters. The molecule has 0 unspecified atom stereocenters. The third-order valence-corrected chi connectivity index (χ3v) is 9.27. The minimum Gasteiger partial charge on any atom is -0.452 e. The normalized spacial score (nSPS) is 15.6. The van der Waals surface area contributed by atoms with E-state index in [4.69, 9.17) is 21.1 Å². The molecular weight excluding hydrogens is 524 g/mol. The Hall–Kier alpha value is -2.89. The van der Waals surface area contributed by atoms with Gasteiger partial charge in [-0.05, 0) is 42.5 Å². The molecule has 3 aromatic carbocycles. The molecule has 0 aliphatic carbocycles. The van der Waals surface area contributed by atoms with Crippen LogP contribution in [0.1, 0.15) is 10.4 Å². The lowest BCUT2D eigenvalue weighted by atomic mass is 10.2. The number of nitrogens with zero attached hydrogens (tertiary/aromatic N) is 2. The number of rotatable bonds is 5. The fraction of sp³-hybridized carbons (Fsp3) is 0.200. The van der Waals surface area contributed by atoms with Crippen molar-refractivity contribution in [2.45, 2.75) is 14.7 Å². The number of morpholine rings is 1. The summed E-state index contributed by atoms with van der Waals surface area (Å²) in [6.07, 6.45) is 0. The van der Waals surface area contributed by atoms with Crippen molar-refractivity contribution in [3.63, 3.8) is 0 Å². The third-order valence-electron chi connectivity index (χ3n) is 5.76. The lowest BCUT2D eigenvalue weighted by molar-refractivity contribution is -0.121. The number of sulfonamides is 1. The van der Waals surface area contributed by atoms with Crippen LogP contribution < -0.4 is 4.90 Å². The molecule has 2 aliphatic rings. The van der Waals surface area contributed by atoms with Crippen LogP contribution in [0.4, 0.5) is 11.4 Å². The number of fused-ring (bicyclic) bond motifs is 2. The van der Waals surface area contributed by atoms with Crippen LogP contribution in [0.2, 0.25) is 5.02 Å². The molecule has 0 radical (unpaired) electrons. The maximum absolute atomic E-state index is 13.3. The topological polar surface area (TPSA) is 93.2 Å². The first kappa shape index (κ1) is 24.8. The van der Waals surface area contributed by atoms with Crippen LogP contribution >= 0.6 is 23.4 Å². The maximum atomic E-state index is 13.3. The van der Waals surface area contributed by atoms with E-state index < -0.39 is 28.5 Å². The minimum atomic E-state index is -3.93. The number of para-hydroxylation sites is 2. The Morgan fingerprint density at radius 3 is 2.19 bits per heavy atom. The van der Waals surface area contributed by atoms with Crippen molar-refractivity contribution in [1.82, 2.24) is 4.31 Å². The number of anilines is 2. The van der Waals surface area contributed by atoms with Gasteiger partial charge in [0.15, 0.2) is 6.61 Å². The molecule has 0 saturated carbocycles. The lowest BCUT2D eigenvalue weighted by Crippen LogP contribution is -2.40. The molecule has 2 aliphatic heterocycles. The molecule has 3 aromatic rings. The van der Waals surface area contributed by atoms with E-state index in [1.807, 2.05) is 48.5 Å². The smallest absolute Gasteiger partial charge is 0.338 e. The molecule has 0 spiro atoms. The summed E-state index contributed by atoms with van der Waals surface area (Å²) in [5.41, 5.74) is 1.38. The monoisotopic (exact) mass is 544 g/mol. The highest BCUT2D eigenvalue weighted by Crippen LogP contribution is 2.47. The van der Waals surface area contributed by atoms with Crippen LogP contribution in [0.3, 0.4) is 0 Å². The quantitative estimate of drug-likeness (QED) is 0.441. The zero-order valence-corrected chi connectivity index (χ0v) is 21.3. The fourth-order valence-corrected chi connectivity index (χ4v) is 6.97. The Balaban J connectivity index is 1.35. The molecule has 0 bridgehead atoms. The van der Waals surface area contributed by atoms with E-state index in [0.717, 1.165) is 9.79 Å². The molecule has 11 heteroatoms. The standard InChI is InChI=1S/C25H21ClN2O6S2/c26-18-10-9-17(15-23(18)36(31,32)27-11-13-33-14-12-27)25(30)34-16-24(29)28-19-5-1-3-7-21(19)35-22-8-4-2-6-20(22)28/h1-10,15H,11-14,16H2. The van der Waals surface area contributed by atoms with Gasteiger partial charge < -0.3 is 9.47 Å². The molecule has 1 fully saturated rings. The number of benzene rings is 3.